The molecule has 134 valence electrons. The number of β-amino-alcohol motifs (C(OH)–C–C–N with tert-alkyl or cyclic N) is 1. The van der Waals surface area contributed by atoms with Crippen LogP contribution in [0.1, 0.15) is 57.2 Å². The molecule has 0 bridgehead atoms. The van der Waals surface area contributed by atoms with E-state index in [-0.39, 0.29) is 11.9 Å². The Morgan fingerprint density at radius 3 is 2.79 bits per heavy atom. The molecule has 1 aliphatic heterocycles. The summed E-state index contributed by atoms with van der Waals surface area (Å²) in [6, 6.07) is 0.147. The minimum Gasteiger partial charge on any atom is -0.389 e. The molecule has 7 heteroatoms. The molecular formula is C17H28N4O3. The summed E-state index contributed by atoms with van der Waals surface area (Å²) in [5.74, 6) is 1.09. The number of rotatable bonds is 5. The zero-order valence-corrected chi connectivity index (χ0v) is 14.7. The largest absolute Gasteiger partial charge is 0.389 e. The van der Waals surface area contributed by atoms with E-state index >= 15 is 0 Å². The molecule has 1 saturated carbocycles. The Bertz CT molecular complexity index is 568. The second kappa shape index (κ2) is 7.19. The number of hydrogen-bond donors (Lipinski definition) is 1. The normalized spacial score (nSPS) is 24.2. The van der Waals surface area contributed by atoms with E-state index in [0.717, 1.165) is 51.7 Å². The fraction of sp³-hybridized carbons (Fsp3) is 0.824. The highest BCUT2D eigenvalue weighted by molar-refractivity contribution is 5.73. The first-order chi connectivity index (χ1) is 11.5. The molecule has 2 fully saturated rings. The van der Waals surface area contributed by atoms with Crippen molar-refractivity contribution in [1.29, 1.82) is 0 Å². The van der Waals surface area contributed by atoms with Gasteiger partial charge in [0.2, 0.25) is 11.8 Å². The molecule has 0 aromatic carbocycles. The molecule has 0 unspecified atom stereocenters. The van der Waals surface area contributed by atoms with Crippen LogP contribution in [0.15, 0.2) is 4.52 Å². The lowest BCUT2D eigenvalue weighted by molar-refractivity contribution is -0.131. The highest BCUT2D eigenvalue weighted by Gasteiger charge is 2.36. The average Bonchev–Trinajstić information content (AvgIpc) is 3.14. The summed E-state index contributed by atoms with van der Waals surface area (Å²) < 4.78 is 5.00. The third kappa shape index (κ3) is 4.13. The monoisotopic (exact) mass is 336 g/mol. The zero-order chi connectivity index (χ0) is 17.2. The van der Waals surface area contributed by atoms with Crippen LogP contribution in [-0.4, -0.2) is 62.2 Å². The van der Waals surface area contributed by atoms with Gasteiger partial charge in [0, 0.05) is 39.5 Å². The molecule has 1 aliphatic carbocycles. The predicted molar refractivity (Wildman–Crippen MR) is 88.1 cm³/mol. The standard InChI is InChI=1S/C17H28N4O3/c1-13-18-16(19-24-13)11-21(14(2)22)15-6-9-20(10-15)12-17(23)7-4-3-5-8-17/h15,23H,3-12H2,1-2H3/t15-/m0/s1. The Hall–Kier alpha value is -1.47. The van der Waals surface area contributed by atoms with Gasteiger partial charge in [-0.05, 0) is 19.3 Å². The van der Waals surface area contributed by atoms with Gasteiger partial charge in [0.05, 0.1) is 12.1 Å². The second-order valence-electron chi connectivity index (χ2n) is 7.34. The predicted octanol–water partition coefficient (Wildman–Crippen LogP) is 1.50. The van der Waals surface area contributed by atoms with Crippen LogP contribution in [0.5, 0.6) is 0 Å². The maximum Gasteiger partial charge on any atom is 0.223 e. The molecule has 1 atom stereocenters. The van der Waals surface area contributed by atoms with Crippen molar-refractivity contribution in [1.82, 2.24) is 19.9 Å². The number of aromatic nitrogens is 2. The van der Waals surface area contributed by atoms with Gasteiger partial charge < -0.3 is 14.5 Å². The number of likely N-dealkylation sites (tertiary alicyclic amines) is 1. The van der Waals surface area contributed by atoms with Crippen molar-refractivity contribution < 1.29 is 14.4 Å². The van der Waals surface area contributed by atoms with Gasteiger partial charge in [0.15, 0.2) is 5.82 Å². The molecule has 3 rings (SSSR count). The molecule has 24 heavy (non-hydrogen) atoms. The summed E-state index contributed by atoms with van der Waals surface area (Å²) in [6.07, 6.45) is 6.17. The molecule has 1 aromatic heterocycles. The van der Waals surface area contributed by atoms with Crippen molar-refractivity contribution in [2.45, 2.75) is 70.6 Å². The Labute approximate surface area is 143 Å². The van der Waals surface area contributed by atoms with Crippen LogP contribution in [0.2, 0.25) is 0 Å². The van der Waals surface area contributed by atoms with Crippen LogP contribution in [0.4, 0.5) is 0 Å². The molecule has 1 aromatic rings. The molecular weight excluding hydrogens is 308 g/mol. The number of aliphatic hydroxyl groups is 1. The molecule has 1 amide bonds. The lowest BCUT2D eigenvalue weighted by Gasteiger charge is -2.36. The van der Waals surface area contributed by atoms with E-state index in [2.05, 4.69) is 15.0 Å². The number of amides is 1. The van der Waals surface area contributed by atoms with Crippen molar-refractivity contribution in [3.05, 3.63) is 11.7 Å². The van der Waals surface area contributed by atoms with Crippen molar-refractivity contribution in [2.75, 3.05) is 19.6 Å². The van der Waals surface area contributed by atoms with Crippen LogP contribution in [-0.2, 0) is 11.3 Å². The van der Waals surface area contributed by atoms with Gasteiger partial charge in [-0.2, -0.15) is 4.98 Å². The summed E-state index contributed by atoms with van der Waals surface area (Å²) in [5, 5.41) is 14.6. The Morgan fingerprint density at radius 1 is 1.42 bits per heavy atom. The van der Waals surface area contributed by atoms with Crippen LogP contribution >= 0.6 is 0 Å². The number of hydrogen-bond acceptors (Lipinski definition) is 6. The molecule has 0 spiro atoms. The van der Waals surface area contributed by atoms with Crippen LogP contribution in [0, 0.1) is 6.92 Å². The first-order valence-corrected chi connectivity index (χ1v) is 8.96. The Morgan fingerprint density at radius 2 is 2.17 bits per heavy atom. The zero-order valence-electron chi connectivity index (χ0n) is 14.7. The van der Waals surface area contributed by atoms with Crippen LogP contribution in [0.3, 0.4) is 0 Å². The van der Waals surface area contributed by atoms with E-state index in [9.17, 15) is 9.90 Å². The fourth-order valence-electron chi connectivity index (χ4n) is 4.05. The maximum atomic E-state index is 12.1. The molecule has 2 aliphatic rings. The van der Waals surface area contributed by atoms with Gasteiger partial charge in [0.1, 0.15) is 0 Å². The van der Waals surface area contributed by atoms with Gasteiger partial charge in [-0.1, -0.05) is 24.4 Å². The van der Waals surface area contributed by atoms with E-state index in [1.54, 1.807) is 13.8 Å². The van der Waals surface area contributed by atoms with Gasteiger partial charge in [-0.25, -0.2) is 0 Å². The van der Waals surface area contributed by atoms with Crippen LogP contribution < -0.4 is 0 Å². The van der Waals surface area contributed by atoms with Gasteiger partial charge in [-0.15, -0.1) is 0 Å². The van der Waals surface area contributed by atoms with E-state index in [4.69, 9.17) is 4.52 Å². The summed E-state index contributed by atoms with van der Waals surface area (Å²) in [4.78, 5) is 20.4. The lowest BCUT2D eigenvalue weighted by atomic mass is 9.84. The summed E-state index contributed by atoms with van der Waals surface area (Å²) in [6.45, 7) is 6.16. The Kier molecular flexibility index (Phi) is 5.20. The van der Waals surface area contributed by atoms with E-state index in [0.29, 0.717) is 18.3 Å². The molecule has 7 nitrogen and oxygen atoms in total. The topological polar surface area (TPSA) is 82.7 Å². The van der Waals surface area contributed by atoms with Crippen molar-refractivity contribution in [3.8, 4) is 0 Å². The number of carbonyl (C=O) groups excluding carboxylic acids is 1. The van der Waals surface area contributed by atoms with Gasteiger partial charge in [-0.3, -0.25) is 9.69 Å². The van der Waals surface area contributed by atoms with E-state index < -0.39 is 5.60 Å². The lowest BCUT2D eigenvalue weighted by Crippen LogP contribution is -2.45. The third-order valence-corrected chi connectivity index (χ3v) is 5.28. The summed E-state index contributed by atoms with van der Waals surface area (Å²) >= 11 is 0. The average molecular weight is 336 g/mol. The number of carbonyl (C=O) groups is 1. The first kappa shape index (κ1) is 17.4. The highest BCUT2D eigenvalue weighted by atomic mass is 16.5. The van der Waals surface area contributed by atoms with Crippen molar-refractivity contribution in [2.24, 2.45) is 0 Å². The molecule has 1 N–H and O–H groups in total. The molecule has 2 heterocycles. The minimum absolute atomic E-state index is 0.0284. The maximum absolute atomic E-state index is 12.1. The molecule has 0 radical (unpaired) electrons. The smallest absolute Gasteiger partial charge is 0.223 e. The van der Waals surface area contributed by atoms with E-state index in [1.165, 1.54) is 6.42 Å². The number of nitrogens with zero attached hydrogens (tertiary/aromatic N) is 4. The van der Waals surface area contributed by atoms with Crippen LogP contribution in [0.25, 0.3) is 0 Å². The van der Waals surface area contributed by atoms with Crippen molar-refractivity contribution in [3.63, 3.8) is 0 Å². The first-order valence-electron chi connectivity index (χ1n) is 8.96. The Balaban J connectivity index is 1.58. The quantitative estimate of drug-likeness (QED) is 0.877. The number of aryl methyl sites for hydroxylation is 1. The third-order valence-electron chi connectivity index (χ3n) is 5.28. The van der Waals surface area contributed by atoms with Crippen molar-refractivity contribution >= 4 is 5.91 Å². The SMILES string of the molecule is CC(=O)N(Cc1noc(C)n1)[C@H]1CCN(CC2(O)CCCCC2)C1. The highest BCUT2D eigenvalue weighted by Crippen LogP contribution is 2.30. The summed E-state index contributed by atoms with van der Waals surface area (Å²) in [5.41, 5.74) is -0.543. The van der Waals surface area contributed by atoms with Gasteiger partial charge in [0.25, 0.3) is 0 Å². The fourth-order valence-corrected chi connectivity index (χ4v) is 4.05. The second-order valence-corrected chi connectivity index (χ2v) is 7.34. The summed E-state index contributed by atoms with van der Waals surface area (Å²) in [7, 11) is 0. The van der Waals surface area contributed by atoms with Gasteiger partial charge >= 0.3 is 0 Å². The molecule has 1 saturated heterocycles. The minimum atomic E-state index is -0.543. The van der Waals surface area contributed by atoms with E-state index in [1.807, 2.05) is 4.90 Å².